The van der Waals surface area contributed by atoms with Gasteiger partial charge in [-0.3, -0.25) is 0 Å². The van der Waals surface area contributed by atoms with Gasteiger partial charge in [0.2, 0.25) is 0 Å². The van der Waals surface area contributed by atoms with Crippen molar-refractivity contribution in [3.05, 3.63) is 22.4 Å². The van der Waals surface area contributed by atoms with Crippen LogP contribution >= 0.6 is 11.3 Å². The van der Waals surface area contributed by atoms with Crippen LogP contribution in [0.3, 0.4) is 0 Å². The first-order chi connectivity index (χ1) is 8.29. The zero-order valence-corrected chi connectivity index (χ0v) is 11.6. The molecule has 0 amide bonds. The van der Waals surface area contributed by atoms with Crippen molar-refractivity contribution in [3.63, 3.8) is 0 Å². The van der Waals surface area contributed by atoms with Crippen molar-refractivity contribution in [2.75, 3.05) is 6.61 Å². The van der Waals surface area contributed by atoms with Gasteiger partial charge in [0.1, 0.15) is 0 Å². The van der Waals surface area contributed by atoms with Gasteiger partial charge in [-0.1, -0.05) is 19.4 Å². The van der Waals surface area contributed by atoms with Crippen LogP contribution in [-0.2, 0) is 4.74 Å². The van der Waals surface area contributed by atoms with Crippen molar-refractivity contribution in [1.82, 2.24) is 5.32 Å². The molecule has 0 radical (unpaired) electrons. The van der Waals surface area contributed by atoms with E-state index in [1.165, 1.54) is 24.1 Å². The molecule has 0 bridgehead atoms. The fourth-order valence-corrected chi connectivity index (χ4v) is 3.27. The highest BCUT2D eigenvalue weighted by atomic mass is 32.1. The van der Waals surface area contributed by atoms with Gasteiger partial charge < -0.3 is 10.1 Å². The molecule has 1 fully saturated rings. The Morgan fingerprint density at radius 2 is 2.47 bits per heavy atom. The Kier molecular flexibility index (Phi) is 5.01. The minimum atomic E-state index is 0.473. The first-order valence-corrected chi connectivity index (χ1v) is 7.58. The van der Waals surface area contributed by atoms with Gasteiger partial charge in [0.15, 0.2) is 0 Å². The highest BCUT2D eigenvalue weighted by Crippen LogP contribution is 2.23. The molecule has 1 aromatic heterocycles. The number of thiophene rings is 1. The lowest BCUT2D eigenvalue weighted by Crippen LogP contribution is -2.39. The van der Waals surface area contributed by atoms with Crippen LogP contribution in [0, 0.1) is 0 Å². The average Bonchev–Trinajstić information content (AvgIpc) is 2.83. The summed E-state index contributed by atoms with van der Waals surface area (Å²) in [5.74, 6) is 0. The van der Waals surface area contributed by atoms with Crippen LogP contribution in [0.25, 0.3) is 0 Å². The molecular formula is C14H23NOS. The summed E-state index contributed by atoms with van der Waals surface area (Å²) in [5, 5.41) is 5.89. The second-order valence-electron chi connectivity index (χ2n) is 4.91. The van der Waals surface area contributed by atoms with E-state index in [-0.39, 0.29) is 0 Å². The van der Waals surface area contributed by atoms with E-state index >= 15 is 0 Å². The zero-order chi connectivity index (χ0) is 12.1. The Labute approximate surface area is 108 Å². The third kappa shape index (κ3) is 3.80. The standard InChI is InChI=1S/C14H23NOS/c1-3-5-13-10-12(7-8-16-13)15-11(2)14-6-4-9-17-14/h4,6,9,11-13,15H,3,5,7-8,10H2,1-2H3/t11-,12?,13?/m0/s1. The Morgan fingerprint density at radius 1 is 1.59 bits per heavy atom. The van der Waals surface area contributed by atoms with E-state index < -0.39 is 0 Å². The number of rotatable bonds is 5. The molecule has 2 unspecified atom stereocenters. The molecule has 1 aliphatic heterocycles. The molecule has 0 aliphatic carbocycles. The summed E-state index contributed by atoms with van der Waals surface area (Å²) in [6, 6.07) is 5.44. The summed E-state index contributed by atoms with van der Waals surface area (Å²) in [4.78, 5) is 1.43. The van der Waals surface area contributed by atoms with Crippen molar-refractivity contribution in [2.24, 2.45) is 0 Å². The molecule has 0 aromatic carbocycles. The first kappa shape index (κ1) is 13.1. The highest BCUT2D eigenvalue weighted by molar-refractivity contribution is 7.10. The van der Waals surface area contributed by atoms with Crippen molar-refractivity contribution in [2.45, 2.75) is 57.7 Å². The van der Waals surface area contributed by atoms with Crippen LogP contribution < -0.4 is 5.32 Å². The van der Waals surface area contributed by atoms with Gasteiger partial charge >= 0.3 is 0 Å². The normalized spacial score (nSPS) is 26.9. The minimum Gasteiger partial charge on any atom is -0.378 e. The fourth-order valence-electron chi connectivity index (χ4n) is 2.53. The summed E-state index contributed by atoms with van der Waals surface area (Å²) >= 11 is 1.84. The van der Waals surface area contributed by atoms with Gasteiger partial charge in [-0.25, -0.2) is 0 Å². The predicted octanol–water partition coefficient (Wildman–Crippen LogP) is 3.75. The third-order valence-electron chi connectivity index (χ3n) is 3.43. The average molecular weight is 253 g/mol. The monoisotopic (exact) mass is 253 g/mol. The Balaban J connectivity index is 1.82. The van der Waals surface area contributed by atoms with Crippen molar-refractivity contribution in [3.8, 4) is 0 Å². The van der Waals surface area contributed by atoms with Gasteiger partial charge in [0.05, 0.1) is 6.10 Å². The fraction of sp³-hybridized carbons (Fsp3) is 0.714. The molecular weight excluding hydrogens is 230 g/mol. The Morgan fingerprint density at radius 3 is 3.18 bits per heavy atom. The van der Waals surface area contributed by atoms with Crippen molar-refractivity contribution < 1.29 is 4.74 Å². The van der Waals surface area contributed by atoms with E-state index in [1.54, 1.807) is 0 Å². The lowest BCUT2D eigenvalue weighted by molar-refractivity contribution is -0.00466. The van der Waals surface area contributed by atoms with E-state index in [0.29, 0.717) is 18.2 Å². The van der Waals surface area contributed by atoms with Gasteiger partial charge in [0, 0.05) is 23.6 Å². The lowest BCUT2D eigenvalue weighted by Gasteiger charge is -2.32. The SMILES string of the molecule is CCCC1CC(N[C@@H](C)c2cccs2)CCO1. The first-order valence-electron chi connectivity index (χ1n) is 6.70. The molecule has 3 atom stereocenters. The molecule has 2 nitrogen and oxygen atoms in total. The molecule has 17 heavy (non-hydrogen) atoms. The highest BCUT2D eigenvalue weighted by Gasteiger charge is 2.23. The van der Waals surface area contributed by atoms with E-state index in [4.69, 9.17) is 4.74 Å². The van der Waals surface area contributed by atoms with Crippen molar-refractivity contribution >= 4 is 11.3 Å². The maximum atomic E-state index is 5.78. The summed E-state index contributed by atoms with van der Waals surface area (Å²) in [7, 11) is 0. The molecule has 1 N–H and O–H groups in total. The van der Waals surface area contributed by atoms with Crippen molar-refractivity contribution in [1.29, 1.82) is 0 Å². The van der Waals surface area contributed by atoms with Crippen LogP contribution in [0.5, 0.6) is 0 Å². The van der Waals surface area contributed by atoms with Crippen LogP contribution in [-0.4, -0.2) is 18.8 Å². The number of hydrogen-bond donors (Lipinski definition) is 1. The molecule has 1 saturated heterocycles. The molecule has 3 heteroatoms. The number of hydrogen-bond acceptors (Lipinski definition) is 3. The van der Waals surface area contributed by atoms with E-state index in [1.807, 2.05) is 11.3 Å². The number of nitrogens with one attached hydrogen (secondary N) is 1. The van der Waals surface area contributed by atoms with Crippen LogP contribution in [0.2, 0.25) is 0 Å². The number of ether oxygens (including phenoxy) is 1. The van der Waals surface area contributed by atoms with E-state index in [2.05, 4.69) is 36.7 Å². The summed E-state index contributed by atoms with van der Waals surface area (Å²) in [5.41, 5.74) is 0. The van der Waals surface area contributed by atoms with Gasteiger partial charge in [-0.2, -0.15) is 0 Å². The second-order valence-corrected chi connectivity index (χ2v) is 5.89. The van der Waals surface area contributed by atoms with Crippen LogP contribution in [0.15, 0.2) is 17.5 Å². The molecule has 1 aliphatic rings. The maximum Gasteiger partial charge on any atom is 0.0589 e. The molecule has 0 saturated carbocycles. The summed E-state index contributed by atoms with van der Waals surface area (Å²) < 4.78 is 5.78. The molecule has 2 heterocycles. The maximum absolute atomic E-state index is 5.78. The Hall–Kier alpha value is -0.380. The quantitative estimate of drug-likeness (QED) is 0.863. The largest absolute Gasteiger partial charge is 0.378 e. The smallest absolute Gasteiger partial charge is 0.0589 e. The molecule has 0 spiro atoms. The molecule has 1 aromatic rings. The zero-order valence-electron chi connectivity index (χ0n) is 10.8. The minimum absolute atomic E-state index is 0.473. The topological polar surface area (TPSA) is 21.3 Å². The van der Waals surface area contributed by atoms with Crippen LogP contribution in [0.4, 0.5) is 0 Å². The van der Waals surface area contributed by atoms with Gasteiger partial charge in [-0.15, -0.1) is 11.3 Å². The van der Waals surface area contributed by atoms with E-state index in [0.717, 1.165) is 13.0 Å². The van der Waals surface area contributed by atoms with Gasteiger partial charge in [-0.05, 0) is 37.6 Å². The van der Waals surface area contributed by atoms with Crippen LogP contribution in [0.1, 0.15) is 50.4 Å². The molecule has 2 rings (SSSR count). The lowest BCUT2D eigenvalue weighted by atomic mass is 9.99. The van der Waals surface area contributed by atoms with E-state index in [9.17, 15) is 0 Å². The predicted molar refractivity (Wildman–Crippen MR) is 73.5 cm³/mol. The summed E-state index contributed by atoms with van der Waals surface area (Å²) in [6.45, 7) is 5.41. The molecule has 96 valence electrons. The second kappa shape index (κ2) is 6.53. The Bertz CT molecular complexity index is 310. The third-order valence-corrected chi connectivity index (χ3v) is 4.49. The summed E-state index contributed by atoms with van der Waals surface area (Å²) in [6.07, 6.45) is 5.21. The van der Waals surface area contributed by atoms with Gasteiger partial charge in [0.25, 0.3) is 0 Å².